The van der Waals surface area contributed by atoms with Crippen LogP contribution in [-0.4, -0.2) is 36.5 Å². The molecule has 1 saturated heterocycles. The number of hydrogen-bond acceptors (Lipinski definition) is 3. The maximum absolute atomic E-state index is 11.8. The molecule has 1 heterocycles. The second-order valence-electron chi connectivity index (χ2n) is 4.46. The number of likely N-dealkylation sites (tertiary alicyclic amines) is 1. The number of rotatable bonds is 3. The van der Waals surface area contributed by atoms with E-state index in [2.05, 4.69) is 5.32 Å². The van der Waals surface area contributed by atoms with Gasteiger partial charge in [0.2, 0.25) is 5.91 Å². The molecule has 0 aliphatic carbocycles. The molecular formula is C12H16Cl3N3O. The lowest BCUT2D eigenvalue weighted by Gasteiger charge is -2.14. The van der Waals surface area contributed by atoms with Gasteiger partial charge in [0.1, 0.15) is 0 Å². The fourth-order valence-electron chi connectivity index (χ4n) is 1.98. The SMILES string of the molecule is Cl.NC1CCN(CC(=O)Nc2ccc(Cl)c(Cl)c2)C1. The predicted molar refractivity (Wildman–Crippen MR) is 81.4 cm³/mol. The molecule has 7 heteroatoms. The highest BCUT2D eigenvalue weighted by atomic mass is 35.5. The number of carbonyl (C=O) groups is 1. The van der Waals surface area contributed by atoms with E-state index in [4.69, 9.17) is 28.9 Å². The molecule has 0 radical (unpaired) electrons. The molecule has 1 fully saturated rings. The largest absolute Gasteiger partial charge is 0.326 e. The average molecular weight is 325 g/mol. The van der Waals surface area contributed by atoms with Crippen LogP contribution in [0, 0.1) is 0 Å². The Bertz CT molecular complexity index is 456. The van der Waals surface area contributed by atoms with Crippen LogP contribution in [0.15, 0.2) is 18.2 Å². The molecule has 1 aliphatic rings. The first kappa shape index (κ1) is 16.5. The van der Waals surface area contributed by atoms with Crippen LogP contribution >= 0.6 is 35.6 Å². The molecule has 3 N–H and O–H groups in total. The lowest BCUT2D eigenvalue weighted by molar-refractivity contribution is -0.117. The van der Waals surface area contributed by atoms with Crippen LogP contribution in [0.2, 0.25) is 10.0 Å². The number of halogens is 3. The van der Waals surface area contributed by atoms with E-state index in [1.54, 1.807) is 18.2 Å². The van der Waals surface area contributed by atoms with Gasteiger partial charge in [-0.1, -0.05) is 23.2 Å². The zero-order valence-electron chi connectivity index (χ0n) is 10.2. The minimum atomic E-state index is -0.0671. The summed E-state index contributed by atoms with van der Waals surface area (Å²) in [5.41, 5.74) is 6.44. The lowest BCUT2D eigenvalue weighted by Crippen LogP contribution is -2.33. The van der Waals surface area contributed by atoms with Crippen molar-refractivity contribution in [3.8, 4) is 0 Å². The summed E-state index contributed by atoms with van der Waals surface area (Å²) in [5, 5.41) is 3.69. The van der Waals surface area contributed by atoms with Gasteiger partial charge in [0.05, 0.1) is 16.6 Å². The van der Waals surface area contributed by atoms with Crippen molar-refractivity contribution in [2.75, 3.05) is 25.0 Å². The van der Waals surface area contributed by atoms with Gasteiger partial charge >= 0.3 is 0 Å². The molecule has 1 unspecified atom stereocenters. The summed E-state index contributed by atoms with van der Waals surface area (Å²) in [7, 11) is 0. The van der Waals surface area contributed by atoms with Crippen molar-refractivity contribution in [2.24, 2.45) is 5.73 Å². The van der Waals surface area contributed by atoms with Gasteiger partial charge < -0.3 is 11.1 Å². The normalized spacial score (nSPS) is 19.0. The summed E-state index contributed by atoms with van der Waals surface area (Å²) in [6.45, 7) is 2.00. The molecule has 0 spiro atoms. The molecule has 0 aromatic heterocycles. The number of hydrogen-bond donors (Lipinski definition) is 2. The van der Waals surface area contributed by atoms with Gasteiger partial charge in [-0.05, 0) is 24.6 Å². The first-order valence-corrected chi connectivity index (χ1v) is 6.53. The van der Waals surface area contributed by atoms with E-state index in [0.29, 0.717) is 22.3 Å². The molecule has 1 amide bonds. The van der Waals surface area contributed by atoms with E-state index in [1.807, 2.05) is 4.90 Å². The van der Waals surface area contributed by atoms with E-state index in [1.165, 1.54) is 0 Å². The molecule has 4 nitrogen and oxygen atoms in total. The summed E-state index contributed by atoms with van der Waals surface area (Å²) in [5.74, 6) is -0.0671. The number of benzene rings is 1. The highest BCUT2D eigenvalue weighted by molar-refractivity contribution is 6.42. The van der Waals surface area contributed by atoms with Gasteiger partial charge in [-0.25, -0.2) is 0 Å². The summed E-state index contributed by atoms with van der Waals surface area (Å²) in [6, 6.07) is 5.20. The number of carbonyl (C=O) groups excluding carboxylic acids is 1. The van der Waals surface area contributed by atoms with Crippen molar-refractivity contribution in [1.29, 1.82) is 0 Å². The molecule has 1 aliphatic heterocycles. The Hall–Kier alpha value is -0.520. The van der Waals surface area contributed by atoms with Crippen molar-refractivity contribution in [2.45, 2.75) is 12.5 Å². The average Bonchev–Trinajstić information content (AvgIpc) is 2.69. The number of nitrogens with two attached hydrogens (primary N) is 1. The smallest absolute Gasteiger partial charge is 0.238 e. The summed E-state index contributed by atoms with van der Waals surface area (Å²) in [4.78, 5) is 13.8. The third-order valence-electron chi connectivity index (χ3n) is 2.88. The maximum atomic E-state index is 11.8. The second-order valence-corrected chi connectivity index (χ2v) is 5.28. The first-order chi connectivity index (χ1) is 8.54. The first-order valence-electron chi connectivity index (χ1n) is 5.77. The predicted octanol–water partition coefficient (Wildman–Crippen LogP) is 2.39. The summed E-state index contributed by atoms with van der Waals surface area (Å²) in [6.07, 6.45) is 0.944. The Labute approximate surface area is 128 Å². The van der Waals surface area contributed by atoms with Crippen molar-refractivity contribution in [3.63, 3.8) is 0 Å². The molecule has 19 heavy (non-hydrogen) atoms. The highest BCUT2D eigenvalue weighted by Gasteiger charge is 2.20. The highest BCUT2D eigenvalue weighted by Crippen LogP contribution is 2.24. The molecule has 2 rings (SSSR count). The van der Waals surface area contributed by atoms with E-state index in [0.717, 1.165) is 19.5 Å². The number of nitrogens with one attached hydrogen (secondary N) is 1. The van der Waals surface area contributed by atoms with Gasteiger partial charge in [0, 0.05) is 24.8 Å². The molecule has 0 saturated carbocycles. The number of amides is 1. The Morgan fingerprint density at radius 2 is 2.16 bits per heavy atom. The summed E-state index contributed by atoms with van der Waals surface area (Å²) >= 11 is 11.7. The van der Waals surface area contributed by atoms with Crippen LogP contribution < -0.4 is 11.1 Å². The van der Waals surface area contributed by atoms with Gasteiger partial charge in [-0.15, -0.1) is 12.4 Å². The van der Waals surface area contributed by atoms with Crippen LogP contribution in [0.25, 0.3) is 0 Å². The molecule has 106 valence electrons. The fraction of sp³-hybridized carbons (Fsp3) is 0.417. The van der Waals surface area contributed by atoms with E-state index in [9.17, 15) is 4.79 Å². The molecule has 0 bridgehead atoms. The number of nitrogens with zero attached hydrogens (tertiary/aromatic N) is 1. The van der Waals surface area contributed by atoms with Gasteiger partial charge in [-0.2, -0.15) is 0 Å². The zero-order valence-corrected chi connectivity index (χ0v) is 12.6. The molecule has 1 aromatic rings. The van der Waals surface area contributed by atoms with Crippen LogP contribution in [-0.2, 0) is 4.79 Å². The van der Waals surface area contributed by atoms with Crippen molar-refractivity contribution in [1.82, 2.24) is 4.90 Å². The van der Waals surface area contributed by atoms with Gasteiger partial charge in [-0.3, -0.25) is 9.69 Å². The van der Waals surface area contributed by atoms with Crippen molar-refractivity contribution in [3.05, 3.63) is 28.2 Å². The third-order valence-corrected chi connectivity index (χ3v) is 3.62. The van der Waals surface area contributed by atoms with Gasteiger partial charge in [0.25, 0.3) is 0 Å². The van der Waals surface area contributed by atoms with E-state index >= 15 is 0 Å². The summed E-state index contributed by atoms with van der Waals surface area (Å²) < 4.78 is 0. The Balaban J connectivity index is 0.00000180. The van der Waals surface area contributed by atoms with Crippen LogP contribution in [0.1, 0.15) is 6.42 Å². The third kappa shape index (κ3) is 4.82. The maximum Gasteiger partial charge on any atom is 0.238 e. The minimum absolute atomic E-state index is 0. The van der Waals surface area contributed by atoms with Crippen molar-refractivity contribution >= 4 is 47.2 Å². The number of anilines is 1. The van der Waals surface area contributed by atoms with Crippen LogP contribution in [0.5, 0.6) is 0 Å². The van der Waals surface area contributed by atoms with Crippen LogP contribution in [0.3, 0.4) is 0 Å². The van der Waals surface area contributed by atoms with E-state index < -0.39 is 0 Å². The van der Waals surface area contributed by atoms with E-state index in [-0.39, 0.29) is 24.4 Å². The Morgan fingerprint density at radius 3 is 2.74 bits per heavy atom. The molecule has 1 atom stereocenters. The molecular weight excluding hydrogens is 309 g/mol. The fourth-order valence-corrected chi connectivity index (χ4v) is 2.28. The lowest BCUT2D eigenvalue weighted by atomic mass is 10.3. The van der Waals surface area contributed by atoms with Crippen LogP contribution in [0.4, 0.5) is 5.69 Å². The quantitative estimate of drug-likeness (QED) is 0.897. The monoisotopic (exact) mass is 323 g/mol. The zero-order chi connectivity index (χ0) is 13.1. The van der Waals surface area contributed by atoms with Crippen molar-refractivity contribution < 1.29 is 4.79 Å². The standard InChI is InChI=1S/C12H15Cl2N3O.ClH/c13-10-2-1-9(5-11(10)14)16-12(18)7-17-4-3-8(15)6-17;/h1-2,5,8H,3-4,6-7,15H2,(H,16,18);1H. The minimum Gasteiger partial charge on any atom is -0.326 e. The Morgan fingerprint density at radius 1 is 1.42 bits per heavy atom. The topological polar surface area (TPSA) is 58.4 Å². The second kappa shape index (κ2) is 7.31. The Kier molecular flexibility index (Phi) is 6.36. The van der Waals surface area contributed by atoms with Gasteiger partial charge in [0.15, 0.2) is 0 Å². The molecule has 1 aromatic carbocycles.